The van der Waals surface area contributed by atoms with Crippen LogP contribution in [0.25, 0.3) is 0 Å². The molecule has 3 N–H and O–H groups in total. The SMILES string of the molecule is O=[N+]([O-])c1ccc([C@H](O)CNC(=S)Nc2ccccc2F)cc1. The highest BCUT2D eigenvalue weighted by atomic mass is 32.1. The average molecular weight is 335 g/mol. The first-order valence-electron chi connectivity index (χ1n) is 6.69. The molecule has 0 radical (unpaired) electrons. The molecule has 1 atom stereocenters. The molecule has 0 bridgehead atoms. The molecule has 2 aromatic rings. The van der Waals surface area contributed by atoms with Crippen molar-refractivity contribution in [3.8, 4) is 0 Å². The third kappa shape index (κ3) is 4.70. The fourth-order valence-electron chi connectivity index (χ4n) is 1.85. The van der Waals surface area contributed by atoms with E-state index < -0.39 is 16.8 Å². The lowest BCUT2D eigenvalue weighted by molar-refractivity contribution is -0.384. The molecule has 8 heteroatoms. The number of para-hydroxylation sites is 1. The molecule has 0 aliphatic carbocycles. The Morgan fingerprint density at radius 1 is 1.26 bits per heavy atom. The quantitative estimate of drug-likeness (QED) is 0.442. The minimum atomic E-state index is -0.906. The Morgan fingerprint density at radius 2 is 1.91 bits per heavy atom. The summed E-state index contributed by atoms with van der Waals surface area (Å²) in [4.78, 5) is 10.1. The molecule has 0 aliphatic heterocycles. The van der Waals surface area contributed by atoms with Crippen LogP contribution < -0.4 is 10.6 Å². The number of hydrogen-bond donors (Lipinski definition) is 3. The normalized spacial score (nSPS) is 11.6. The van der Waals surface area contributed by atoms with Gasteiger partial charge in [-0.2, -0.15) is 0 Å². The van der Waals surface area contributed by atoms with Crippen molar-refractivity contribution in [2.75, 3.05) is 11.9 Å². The van der Waals surface area contributed by atoms with E-state index in [0.29, 0.717) is 5.56 Å². The van der Waals surface area contributed by atoms with Crippen LogP contribution in [0.4, 0.5) is 15.8 Å². The number of aliphatic hydroxyl groups excluding tert-OH is 1. The number of rotatable bonds is 5. The van der Waals surface area contributed by atoms with E-state index in [1.165, 1.54) is 36.4 Å². The van der Waals surface area contributed by atoms with Crippen LogP contribution in [0.15, 0.2) is 48.5 Å². The van der Waals surface area contributed by atoms with E-state index >= 15 is 0 Å². The van der Waals surface area contributed by atoms with Crippen molar-refractivity contribution >= 4 is 28.7 Å². The number of non-ortho nitro benzene ring substituents is 1. The summed E-state index contributed by atoms with van der Waals surface area (Å²) in [5.74, 6) is -0.437. The molecule has 0 heterocycles. The van der Waals surface area contributed by atoms with Gasteiger partial charge in [-0.05, 0) is 42.0 Å². The summed E-state index contributed by atoms with van der Waals surface area (Å²) in [6, 6.07) is 11.6. The van der Waals surface area contributed by atoms with Crippen LogP contribution >= 0.6 is 12.2 Å². The van der Waals surface area contributed by atoms with Crippen molar-refractivity contribution in [2.45, 2.75) is 6.10 Å². The zero-order valence-corrected chi connectivity index (χ0v) is 12.7. The topological polar surface area (TPSA) is 87.4 Å². The second kappa shape index (κ2) is 7.61. The number of nitro groups is 1. The van der Waals surface area contributed by atoms with Crippen molar-refractivity contribution < 1.29 is 14.4 Å². The standard InChI is InChI=1S/C15H14FN3O3S/c16-12-3-1-2-4-13(12)18-15(23)17-9-14(20)10-5-7-11(8-6-10)19(21)22/h1-8,14,20H,9H2,(H2,17,18,23)/t14-/m1/s1. The van der Waals surface area contributed by atoms with E-state index in [2.05, 4.69) is 10.6 Å². The molecule has 0 unspecified atom stereocenters. The Bertz CT molecular complexity index is 709. The first-order valence-corrected chi connectivity index (χ1v) is 7.10. The molecular formula is C15H14FN3O3S. The average Bonchev–Trinajstić information content (AvgIpc) is 2.55. The molecule has 2 rings (SSSR count). The maximum absolute atomic E-state index is 13.5. The van der Waals surface area contributed by atoms with Crippen molar-refractivity contribution in [3.05, 3.63) is 70.0 Å². The summed E-state index contributed by atoms with van der Waals surface area (Å²) in [7, 11) is 0. The van der Waals surface area contributed by atoms with E-state index in [1.807, 2.05) is 0 Å². The maximum Gasteiger partial charge on any atom is 0.269 e. The monoisotopic (exact) mass is 335 g/mol. The lowest BCUT2D eigenvalue weighted by Crippen LogP contribution is -2.32. The summed E-state index contributed by atoms with van der Waals surface area (Å²) in [6.45, 7) is 0.0814. The lowest BCUT2D eigenvalue weighted by atomic mass is 10.1. The molecule has 0 fully saturated rings. The summed E-state index contributed by atoms with van der Waals surface area (Å²) < 4.78 is 13.5. The maximum atomic E-state index is 13.5. The van der Waals surface area contributed by atoms with Gasteiger partial charge in [-0.3, -0.25) is 10.1 Å². The van der Waals surface area contributed by atoms with Gasteiger partial charge in [-0.25, -0.2) is 4.39 Å². The Labute approximate surface area is 137 Å². The predicted octanol–water partition coefficient (Wildman–Crippen LogP) is 2.75. The lowest BCUT2D eigenvalue weighted by Gasteiger charge is -2.15. The molecule has 0 saturated carbocycles. The molecule has 0 aliphatic rings. The van der Waals surface area contributed by atoms with Gasteiger partial charge in [0.25, 0.3) is 5.69 Å². The number of halogens is 1. The van der Waals surface area contributed by atoms with Gasteiger partial charge in [-0.1, -0.05) is 12.1 Å². The summed E-state index contributed by atoms with van der Waals surface area (Å²) >= 11 is 5.03. The van der Waals surface area contributed by atoms with E-state index in [4.69, 9.17) is 12.2 Å². The van der Waals surface area contributed by atoms with Gasteiger partial charge in [0.2, 0.25) is 0 Å². The molecule has 0 amide bonds. The molecular weight excluding hydrogens is 321 g/mol. The highest BCUT2D eigenvalue weighted by molar-refractivity contribution is 7.80. The van der Waals surface area contributed by atoms with Gasteiger partial charge >= 0.3 is 0 Å². The van der Waals surface area contributed by atoms with Gasteiger partial charge in [0.15, 0.2) is 5.11 Å². The number of nitrogens with one attached hydrogen (secondary N) is 2. The van der Waals surface area contributed by atoms with Crippen molar-refractivity contribution in [1.82, 2.24) is 5.32 Å². The van der Waals surface area contributed by atoms with Crippen LogP contribution in [0.3, 0.4) is 0 Å². The first kappa shape index (κ1) is 16.8. The fraction of sp³-hybridized carbons (Fsp3) is 0.133. The van der Waals surface area contributed by atoms with Crippen LogP contribution in [0.2, 0.25) is 0 Å². The van der Waals surface area contributed by atoms with Gasteiger partial charge in [0, 0.05) is 18.7 Å². The third-order valence-electron chi connectivity index (χ3n) is 3.07. The summed E-state index contributed by atoms with van der Waals surface area (Å²) in [5, 5.41) is 26.2. The Kier molecular flexibility index (Phi) is 5.56. The number of hydrogen-bond acceptors (Lipinski definition) is 4. The Balaban J connectivity index is 1.88. The number of benzene rings is 2. The molecule has 0 aromatic heterocycles. The largest absolute Gasteiger partial charge is 0.387 e. The number of aliphatic hydroxyl groups is 1. The highest BCUT2D eigenvalue weighted by Gasteiger charge is 2.11. The smallest absolute Gasteiger partial charge is 0.269 e. The van der Waals surface area contributed by atoms with E-state index in [0.717, 1.165) is 0 Å². The van der Waals surface area contributed by atoms with Crippen LogP contribution in [0.1, 0.15) is 11.7 Å². The molecule has 23 heavy (non-hydrogen) atoms. The number of anilines is 1. The van der Waals surface area contributed by atoms with Gasteiger partial charge in [-0.15, -0.1) is 0 Å². The van der Waals surface area contributed by atoms with E-state index in [-0.39, 0.29) is 23.0 Å². The van der Waals surface area contributed by atoms with Crippen LogP contribution in [-0.4, -0.2) is 21.7 Å². The minimum absolute atomic E-state index is 0.0503. The molecule has 0 spiro atoms. The molecule has 2 aromatic carbocycles. The Morgan fingerprint density at radius 3 is 2.52 bits per heavy atom. The van der Waals surface area contributed by atoms with E-state index in [9.17, 15) is 19.6 Å². The molecule has 6 nitrogen and oxygen atoms in total. The Hall–Kier alpha value is -2.58. The van der Waals surface area contributed by atoms with Crippen molar-refractivity contribution in [2.24, 2.45) is 0 Å². The second-order valence-electron chi connectivity index (χ2n) is 4.68. The first-order chi connectivity index (χ1) is 11.0. The summed E-state index contributed by atoms with van der Waals surface area (Å²) in [5.41, 5.74) is 0.692. The fourth-order valence-corrected chi connectivity index (χ4v) is 2.05. The minimum Gasteiger partial charge on any atom is -0.387 e. The number of thiocarbonyl (C=S) groups is 1. The zero-order valence-electron chi connectivity index (χ0n) is 11.9. The van der Waals surface area contributed by atoms with Crippen LogP contribution in [0.5, 0.6) is 0 Å². The predicted molar refractivity (Wildman–Crippen MR) is 88.7 cm³/mol. The second-order valence-corrected chi connectivity index (χ2v) is 5.09. The van der Waals surface area contributed by atoms with Gasteiger partial charge < -0.3 is 15.7 Å². The number of nitro benzene ring substituents is 1. The van der Waals surface area contributed by atoms with Crippen molar-refractivity contribution in [1.29, 1.82) is 0 Å². The van der Waals surface area contributed by atoms with Crippen molar-refractivity contribution in [3.63, 3.8) is 0 Å². The molecule has 120 valence electrons. The molecule has 0 saturated heterocycles. The summed E-state index contributed by atoms with van der Waals surface area (Å²) in [6.07, 6.45) is -0.906. The van der Waals surface area contributed by atoms with Crippen LogP contribution in [0, 0.1) is 15.9 Å². The highest BCUT2D eigenvalue weighted by Crippen LogP contribution is 2.17. The number of nitrogens with zero attached hydrogens (tertiary/aromatic N) is 1. The zero-order chi connectivity index (χ0) is 16.8. The third-order valence-corrected chi connectivity index (χ3v) is 3.31. The van der Waals surface area contributed by atoms with E-state index in [1.54, 1.807) is 12.1 Å². The van der Waals surface area contributed by atoms with Gasteiger partial charge in [0.05, 0.1) is 16.7 Å². The van der Waals surface area contributed by atoms with Gasteiger partial charge in [0.1, 0.15) is 5.82 Å². The van der Waals surface area contributed by atoms with Crippen LogP contribution in [-0.2, 0) is 0 Å².